The summed E-state index contributed by atoms with van der Waals surface area (Å²) in [4.78, 5) is 0. The maximum absolute atomic E-state index is 5.11. The average molecular weight is 189 g/mol. The first-order valence-electron chi connectivity index (χ1n) is 5.03. The lowest BCUT2D eigenvalue weighted by atomic mass is 10.2. The van der Waals surface area contributed by atoms with Crippen molar-refractivity contribution in [2.45, 2.75) is 32.3 Å². The third-order valence-corrected chi connectivity index (χ3v) is 2.04. The predicted octanol–water partition coefficient (Wildman–Crippen LogP) is 1.43. The van der Waals surface area contributed by atoms with Crippen LogP contribution in [0.2, 0.25) is 0 Å². The zero-order valence-corrected chi connectivity index (χ0v) is 9.14. The van der Waals surface area contributed by atoms with Crippen LogP contribution in [0.3, 0.4) is 0 Å². The third kappa shape index (κ3) is 9.80. The van der Waals surface area contributed by atoms with Crippen LogP contribution < -0.4 is 5.32 Å². The van der Waals surface area contributed by atoms with Crippen molar-refractivity contribution in [3.8, 4) is 0 Å². The lowest BCUT2D eigenvalue weighted by Gasteiger charge is -2.10. The molecular weight excluding hydrogens is 166 g/mol. The van der Waals surface area contributed by atoms with Gasteiger partial charge >= 0.3 is 0 Å². The first-order valence-corrected chi connectivity index (χ1v) is 5.03. The van der Waals surface area contributed by atoms with Crippen molar-refractivity contribution >= 4 is 0 Å². The Kier molecular flexibility index (Phi) is 9.87. The summed E-state index contributed by atoms with van der Waals surface area (Å²) in [5.41, 5.74) is 0. The fraction of sp³-hybridized carbons (Fsp3) is 1.00. The van der Waals surface area contributed by atoms with Gasteiger partial charge in [0, 0.05) is 27.4 Å². The molecule has 0 aromatic heterocycles. The molecule has 0 rings (SSSR count). The average Bonchev–Trinajstić information content (AvgIpc) is 2.16. The quantitative estimate of drug-likeness (QED) is 0.557. The fourth-order valence-electron chi connectivity index (χ4n) is 1.06. The number of hydrogen-bond donors (Lipinski definition) is 1. The molecule has 0 fully saturated rings. The summed E-state index contributed by atoms with van der Waals surface area (Å²) in [7, 11) is 3.49. The van der Waals surface area contributed by atoms with Gasteiger partial charge in [0.25, 0.3) is 0 Å². The highest BCUT2D eigenvalue weighted by Gasteiger charge is 1.96. The van der Waals surface area contributed by atoms with Crippen LogP contribution in [0.4, 0.5) is 0 Å². The SMILES string of the molecule is COCCCCCNCC(C)OC. The van der Waals surface area contributed by atoms with Crippen molar-refractivity contribution < 1.29 is 9.47 Å². The molecule has 3 nitrogen and oxygen atoms in total. The molecule has 0 saturated carbocycles. The molecule has 0 spiro atoms. The maximum Gasteiger partial charge on any atom is 0.0667 e. The van der Waals surface area contributed by atoms with Gasteiger partial charge in [-0.3, -0.25) is 0 Å². The van der Waals surface area contributed by atoms with E-state index in [0.29, 0.717) is 6.10 Å². The first kappa shape index (κ1) is 12.9. The Morgan fingerprint density at radius 2 is 1.92 bits per heavy atom. The molecule has 0 aromatic rings. The number of rotatable bonds is 9. The molecule has 0 saturated heterocycles. The molecule has 1 atom stereocenters. The zero-order valence-electron chi connectivity index (χ0n) is 9.14. The highest BCUT2D eigenvalue weighted by atomic mass is 16.5. The Morgan fingerprint density at radius 1 is 1.15 bits per heavy atom. The van der Waals surface area contributed by atoms with Crippen LogP contribution in [0, 0.1) is 0 Å². The Morgan fingerprint density at radius 3 is 2.54 bits per heavy atom. The van der Waals surface area contributed by atoms with Gasteiger partial charge in [-0.25, -0.2) is 0 Å². The van der Waals surface area contributed by atoms with Gasteiger partial charge in [-0.1, -0.05) is 0 Å². The molecule has 0 amide bonds. The van der Waals surface area contributed by atoms with Gasteiger partial charge in [-0.05, 0) is 32.7 Å². The van der Waals surface area contributed by atoms with Gasteiger partial charge in [0.05, 0.1) is 6.10 Å². The van der Waals surface area contributed by atoms with Gasteiger partial charge in [-0.15, -0.1) is 0 Å². The minimum Gasteiger partial charge on any atom is -0.385 e. The van der Waals surface area contributed by atoms with Crippen LogP contribution in [-0.4, -0.2) is 40.0 Å². The lowest BCUT2D eigenvalue weighted by molar-refractivity contribution is 0.117. The van der Waals surface area contributed by atoms with Crippen molar-refractivity contribution in [2.75, 3.05) is 33.9 Å². The molecule has 0 radical (unpaired) electrons. The predicted molar refractivity (Wildman–Crippen MR) is 55.1 cm³/mol. The highest BCUT2D eigenvalue weighted by Crippen LogP contribution is 1.94. The number of ether oxygens (including phenoxy) is 2. The van der Waals surface area contributed by atoms with E-state index in [9.17, 15) is 0 Å². The van der Waals surface area contributed by atoms with Crippen LogP contribution in [0.5, 0.6) is 0 Å². The standard InChI is InChI=1S/C10H23NO2/c1-10(13-3)9-11-7-5-4-6-8-12-2/h10-11H,4-9H2,1-3H3. The normalized spacial score (nSPS) is 13.2. The zero-order chi connectivity index (χ0) is 9.94. The molecule has 1 N–H and O–H groups in total. The van der Waals surface area contributed by atoms with Crippen LogP contribution in [0.25, 0.3) is 0 Å². The highest BCUT2D eigenvalue weighted by molar-refractivity contribution is 4.54. The summed E-state index contributed by atoms with van der Waals surface area (Å²) in [6.45, 7) is 4.98. The topological polar surface area (TPSA) is 30.5 Å². The Bertz CT molecular complexity index is 98.9. The first-order chi connectivity index (χ1) is 6.31. The van der Waals surface area contributed by atoms with E-state index in [1.807, 2.05) is 0 Å². The van der Waals surface area contributed by atoms with Gasteiger partial charge in [0.2, 0.25) is 0 Å². The van der Waals surface area contributed by atoms with Crippen LogP contribution in [0.1, 0.15) is 26.2 Å². The molecule has 0 aliphatic heterocycles. The summed E-state index contributed by atoms with van der Waals surface area (Å²) in [6.07, 6.45) is 3.94. The van der Waals surface area contributed by atoms with Crippen LogP contribution in [0.15, 0.2) is 0 Å². The number of nitrogens with one attached hydrogen (secondary N) is 1. The third-order valence-electron chi connectivity index (χ3n) is 2.04. The minimum atomic E-state index is 0.318. The van der Waals surface area contributed by atoms with Crippen molar-refractivity contribution in [2.24, 2.45) is 0 Å². The number of methoxy groups -OCH3 is 2. The second-order valence-electron chi connectivity index (χ2n) is 3.30. The van der Waals surface area contributed by atoms with Crippen molar-refractivity contribution in [1.82, 2.24) is 5.32 Å². The Labute approximate surface area is 81.8 Å². The smallest absolute Gasteiger partial charge is 0.0667 e. The Balaban J connectivity index is 2.91. The van der Waals surface area contributed by atoms with Gasteiger partial charge in [0.15, 0.2) is 0 Å². The van der Waals surface area contributed by atoms with Gasteiger partial charge < -0.3 is 14.8 Å². The summed E-state index contributed by atoms with van der Waals surface area (Å²) in [5.74, 6) is 0. The van der Waals surface area contributed by atoms with Crippen molar-refractivity contribution in [3.63, 3.8) is 0 Å². The molecule has 13 heavy (non-hydrogen) atoms. The second kappa shape index (κ2) is 9.96. The largest absolute Gasteiger partial charge is 0.385 e. The molecule has 3 heteroatoms. The van der Waals surface area contributed by atoms with Crippen LogP contribution in [-0.2, 0) is 9.47 Å². The van der Waals surface area contributed by atoms with Crippen molar-refractivity contribution in [3.05, 3.63) is 0 Å². The summed E-state index contributed by atoms with van der Waals surface area (Å²) < 4.78 is 10.1. The van der Waals surface area contributed by atoms with Crippen molar-refractivity contribution in [1.29, 1.82) is 0 Å². The van der Waals surface area contributed by atoms with Gasteiger partial charge in [-0.2, -0.15) is 0 Å². The monoisotopic (exact) mass is 189 g/mol. The molecule has 0 aromatic carbocycles. The summed E-state index contributed by atoms with van der Waals surface area (Å²) in [5, 5.41) is 3.35. The minimum absolute atomic E-state index is 0.318. The summed E-state index contributed by atoms with van der Waals surface area (Å²) >= 11 is 0. The van der Waals surface area contributed by atoms with E-state index in [-0.39, 0.29) is 0 Å². The van der Waals surface area contributed by atoms with E-state index < -0.39 is 0 Å². The molecular formula is C10H23NO2. The maximum atomic E-state index is 5.11. The van der Waals surface area contributed by atoms with E-state index in [4.69, 9.17) is 9.47 Å². The molecule has 0 aliphatic carbocycles. The van der Waals surface area contributed by atoms with Crippen LogP contribution >= 0.6 is 0 Å². The number of hydrogen-bond acceptors (Lipinski definition) is 3. The molecule has 80 valence electrons. The molecule has 0 bridgehead atoms. The lowest BCUT2D eigenvalue weighted by Crippen LogP contribution is -2.26. The molecule has 0 heterocycles. The molecule has 0 aliphatic rings. The van der Waals surface area contributed by atoms with E-state index >= 15 is 0 Å². The van der Waals surface area contributed by atoms with E-state index in [2.05, 4.69) is 12.2 Å². The summed E-state index contributed by atoms with van der Waals surface area (Å²) in [6, 6.07) is 0. The van der Waals surface area contributed by atoms with E-state index in [1.54, 1.807) is 14.2 Å². The molecule has 1 unspecified atom stereocenters. The van der Waals surface area contributed by atoms with E-state index in [1.165, 1.54) is 12.8 Å². The number of unbranched alkanes of at least 4 members (excludes halogenated alkanes) is 2. The fourth-order valence-corrected chi connectivity index (χ4v) is 1.06. The Hall–Kier alpha value is -0.120. The second-order valence-corrected chi connectivity index (χ2v) is 3.30. The van der Waals surface area contributed by atoms with Gasteiger partial charge in [0.1, 0.15) is 0 Å². The van der Waals surface area contributed by atoms with E-state index in [0.717, 1.165) is 26.1 Å².